The molecule has 174 valence electrons. The highest BCUT2D eigenvalue weighted by molar-refractivity contribution is 5.85. The Morgan fingerprint density at radius 3 is 2.48 bits per heavy atom. The van der Waals surface area contributed by atoms with Crippen LogP contribution in [0.5, 0.6) is 0 Å². The Kier molecular flexibility index (Phi) is 5.53. The van der Waals surface area contributed by atoms with E-state index in [9.17, 15) is 24.6 Å². The maximum absolute atomic E-state index is 13.7. The standard InChI is InChI=1S/C24H36O7/c1-13(25)31-20(21(28)30-4)24(29)10-8-17-16-6-5-14-11-15(26)7-9-22(14,2)19(16)18(27)12-23(17,24)3/h14-17,19-20,26,29H,5-12H2,1-4H3/t14-,15-,16+,17-,19-,20+,22+,23+,24+/m1/s1. The van der Waals surface area contributed by atoms with E-state index in [0.29, 0.717) is 12.3 Å². The summed E-state index contributed by atoms with van der Waals surface area (Å²) in [6.07, 6.45) is 3.60. The molecule has 0 aromatic rings. The van der Waals surface area contributed by atoms with Crippen molar-refractivity contribution in [3.63, 3.8) is 0 Å². The number of esters is 2. The Hall–Kier alpha value is -1.47. The average molecular weight is 437 g/mol. The van der Waals surface area contributed by atoms with E-state index < -0.39 is 29.1 Å². The molecule has 0 aliphatic heterocycles. The molecule has 0 aromatic carbocycles. The summed E-state index contributed by atoms with van der Waals surface area (Å²) in [6, 6.07) is 0. The van der Waals surface area contributed by atoms with Gasteiger partial charge in [0.2, 0.25) is 6.10 Å². The zero-order valence-electron chi connectivity index (χ0n) is 19.1. The molecule has 4 aliphatic rings. The number of ketones is 1. The number of carbonyl (C=O) groups excluding carboxylic acids is 3. The summed E-state index contributed by atoms with van der Waals surface area (Å²) in [7, 11) is 1.21. The van der Waals surface area contributed by atoms with Crippen molar-refractivity contribution in [2.75, 3.05) is 7.11 Å². The van der Waals surface area contributed by atoms with Crippen molar-refractivity contribution in [2.45, 2.75) is 89.9 Å². The van der Waals surface area contributed by atoms with Crippen LogP contribution in [0.1, 0.15) is 72.1 Å². The fraction of sp³-hybridized carbons (Fsp3) is 0.875. The molecule has 0 unspecified atom stereocenters. The molecule has 2 N–H and O–H groups in total. The highest BCUT2D eigenvalue weighted by atomic mass is 16.6. The van der Waals surface area contributed by atoms with E-state index in [-0.39, 0.29) is 47.9 Å². The molecule has 0 aromatic heterocycles. The van der Waals surface area contributed by atoms with Crippen molar-refractivity contribution in [2.24, 2.45) is 34.5 Å². The van der Waals surface area contributed by atoms with Crippen molar-refractivity contribution in [3.05, 3.63) is 0 Å². The number of ether oxygens (including phenoxy) is 2. The maximum atomic E-state index is 13.7. The first-order valence-corrected chi connectivity index (χ1v) is 11.7. The van der Waals surface area contributed by atoms with E-state index in [2.05, 4.69) is 6.92 Å². The Morgan fingerprint density at radius 2 is 1.84 bits per heavy atom. The first kappa shape index (κ1) is 22.7. The number of hydrogen-bond donors (Lipinski definition) is 2. The molecule has 0 amide bonds. The Balaban J connectivity index is 1.69. The van der Waals surface area contributed by atoms with Gasteiger partial charge >= 0.3 is 11.9 Å². The minimum absolute atomic E-state index is 0.0625. The monoisotopic (exact) mass is 436 g/mol. The fourth-order valence-corrected chi connectivity index (χ4v) is 8.13. The molecule has 4 rings (SSSR count). The van der Waals surface area contributed by atoms with E-state index >= 15 is 0 Å². The molecule has 0 radical (unpaired) electrons. The van der Waals surface area contributed by atoms with Gasteiger partial charge in [0.1, 0.15) is 11.4 Å². The maximum Gasteiger partial charge on any atom is 0.350 e. The van der Waals surface area contributed by atoms with Crippen molar-refractivity contribution in [1.82, 2.24) is 0 Å². The van der Waals surface area contributed by atoms with E-state index in [4.69, 9.17) is 9.47 Å². The summed E-state index contributed by atoms with van der Waals surface area (Å²) in [5.74, 6) is -0.853. The minimum Gasteiger partial charge on any atom is -0.466 e. The van der Waals surface area contributed by atoms with Crippen LogP contribution in [0.3, 0.4) is 0 Å². The molecule has 9 atom stereocenters. The first-order chi connectivity index (χ1) is 14.5. The van der Waals surface area contributed by atoms with Crippen molar-refractivity contribution < 1.29 is 34.1 Å². The molecule has 7 nitrogen and oxygen atoms in total. The van der Waals surface area contributed by atoms with Gasteiger partial charge in [0.15, 0.2) is 0 Å². The van der Waals surface area contributed by atoms with Gasteiger partial charge in [-0.3, -0.25) is 9.59 Å². The molecule has 0 heterocycles. The van der Waals surface area contributed by atoms with Crippen LogP contribution in [0.2, 0.25) is 0 Å². The summed E-state index contributed by atoms with van der Waals surface area (Å²) in [5.41, 5.74) is -2.63. The lowest BCUT2D eigenvalue weighted by molar-refractivity contribution is -0.212. The van der Waals surface area contributed by atoms with Gasteiger partial charge in [0, 0.05) is 24.7 Å². The van der Waals surface area contributed by atoms with Crippen LogP contribution in [-0.2, 0) is 23.9 Å². The topological polar surface area (TPSA) is 110 Å². The normalized spacial score (nSPS) is 47.5. The fourth-order valence-electron chi connectivity index (χ4n) is 8.13. The van der Waals surface area contributed by atoms with Gasteiger partial charge in [-0.15, -0.1) is 0 Å². The van der Waals surface area contributed by atoms with Gasteiger partial charge in [-0.2, -0.15) is 0 Å². The summed E-state index contributed by atoms with van der Waals surface area (Å²) in [4.78, 5) is 37.9. The molecular weight excluding hydrogens is 400 g/mol. The second kappa shape index (κ2) is 7.55. The van der Waals surface area contributed by atoms with Gasteiger partial charge in [-0.25, -0.2) is 4.79 Å². The molecule has 0 bridgehead atoms. The number of aliphatic hydroxyl groups excluding tert-OH is 1. The predicted octanol–water partition coefficient (Wildman–Crippen LogP) is 2.40. The van der Waals surface area contributed by atoms with E-state index in [1.54, 1.807) is 0 Å². The summed E-state index contributed by atoms with van der Waals surface area (Å²) < 4.78 is 10.2. The number of Topliss-reactive ketones (excluding diaryl/α,β-unsaturated/α-hetero) is 1. The van der Waals surface area contributed by atoms with Gasteiger partial charge in [0.25, 0.3) is 0 Å². The molecule has 0 spiro atoms. The third-order valence-electron chi connectivity index (χ3n) is 9.67. The van der Waals surface area contributed by atoms with Crippen LogP contribution in [0.4, 0.5) is 0 Å². The lowest BCUT2D eigenvalue weighted by atomic mass is 9.44. The lowest BCUT2D eigenvalue weighted by Crippen LogP contribution is -2.64. The SMILES string of the molecule is COC(=O)[C@H](OC(C)=O)[C@@]1(O)CC[C@@H]2[C@@H]3CC[C@@H]4C[C@H](O)CC[C@]4(C)[C@H]3C(=O)C[C@@]21C. The van der Waals surface area contributed by atoms with Gasteiger partial charge in [0.05, 0.1) is 13.2 Å². The molecule has 0 saturated heterocycles. The molecule has 4 saturated carbocycles. The predicted molar refractivity (Wildman–Crippen MR) is 111 cm³/mol. The van der Waals surface area contributed by atoms with Gasteiger partial charge in [-0.05, 0) is 68.1 Å². The number of rotatable bonds is 3. The Bertz CT molecular complexity index is 780. The van der Waals surface area contributed by atoms with E-state index in [1.165, 1.54) is 14.0 Å². The number of carbonyl (C=O) groups is 3. The van der Waals surface area contributed by atoms with Crippen LogP contribution in [0.25, 0.3) is 0 Å². The highest BCUT2D eigenvalue weighted by Crippen LogP contribution is 2.68. The minimum atomic E-state index is -1.64. The third-order valence-corrected chi connectivity index (χ3v) is 9.67. The molecule has 7 heteroatoms. The van der Waals surface area contributed by atoms with Crippen molar-refractivity contribution in [1.29, 1.82) is 0 Å². The van der Waals surface area contributed by atoms with Gasteiger partial charge in [-0.1, -0.05) is 13.8 Å². The molecule has 4 fully saturated rings. The number of methoxy groups -OCH3 is 1. The largest absolute Gasteiger partial charge is 0.466 e. The zero-order valence-corrected chi connectivity index (χ0v) is 19.1. The Labute approximate surface area is 183 Å². The van der Waals surface area contributed by atoms with Crippen LogP contribution < -0.4 is 0 Å². The van der Waals surface area contributed by atoms with Crippen molar-refractivity contribution >= 4 is 17.7 Å². The summed E-state index contributed by atoms with van der Waals surface area (Å²) in [5, 5.41) is 22.0. The number of hydrogen-bond acceptors (Lipinski definition) is 7. The molecular formula is C24H36O7. The Morgan fingerprint density at radius 1 is 1.13 bits per heavy atom. The van der Waals surface area contributed by atoms with Crippen LogP contribution in [0.15, 0.2) is 0 Å². The quantitative estimate of drug-likeness (QED) is 0.654. The molecule has 31 heavy (non-hydrogen) atoms. The highest BCUT2D eigenvalue weighted by Gasteiger charge is 2.70. The second-order valence-corrected chi connectivity index (χ2v) is 11.0. The zero-order chi connectivity index (χ0) is 22.8. The van der Waals surface area contributed by atoms with Crippen LogP contribution in [0, 0.1) is 34.5 Å². The van der Waals surface area contributed by atoms with Crippen LogP contribution in [-0.4, -0.2) is 52.9 Å². The van der Waals surface area contributed by atoms with E-state index in [1.807, 2.05) is 6.92 Å². The first-order valence-electron chi connectivity index (χ1n) is 11.7. The lowest BCUT2D eigenvalue weighted by Gasteiger charge is -2.60. The number of aliphatic hydroxyl groups is 2. The number of fused-ring (bicyclic) bond motifs is 5. The van der Waals surface area contributed by atoms with E-state index in [0.717, 1.165) is 32.1 Å². The van der Waals surface area contributed by atoms with Crippen LogP contribution >= 0.6 is 0 Å². The average Bonchev–Trinajstić information content (AvgIpc) is 2.97. The van der Waals surface area contributed by atoms with Crippen molar-refractivity contribution in [3.8, 4) is 0 Å². The third kappa shape index (κ3) is 3.17. The summed E-state index contributed by atoms with van der Waals surface area (Å²) >= 11 is 0. The molecule has 4 aliphatic carbocycles. The van der Waals surface area contributed by atoms with Gasteiger partial charge < -0.3 is 19.7 Å². The smallest absolute Gasteiger partial charge is 0.350 e. The summed E-state index contributed by atoms with van der Waals surface area (Å²) in [6.45, 7) is 5.31. The second-order valence-electron chi connectivity index (χ2n) is 11.0.